The smallest absolute Gasteiger partial charge is 0.204 e. The molecule has 0 aliphatic carbocycles. The van der Waals surface area contributed by atoms with Crippen LogP contribution in [0.3, 0.4) is 0 Å². The first-order chi connectivity index (χ1) is 15.7. The number of para-hydroxylation sites is 1. The molecule has 5 rings (SSSR count). The SMILES string of the molecule is S=c1sc(NCc2ccccc2)nn1CN1CCN(Cc2cccc3cccnc23)CC1. The van der Waals surface area contributed by atoms with Crippen molar-refractivity contribution in [2.24, 2.45) is 0 Å². The molecule has 0 unspecified atom stereocenters. The number of hydrogen-bond acceptors (Lipinski definition) is 7. The van der Waals surface area contributed by atoms with E-state index in [1.165, 1.54) is 27.8 Å². The van der Waals surface area contributed by atoms with Gasteiger partial charge in [-0.15, -0.1) is 5.10 Å². The fourth-order valence-corrected chi connectivity index (χ4v) is 5.04. The van der Waals surface area contributed by atoms with Gasteiger partial charge in [-0.25, -0.2) is 4.68 Å². The zero-order valence-electron chi connectivity index (χ0n) is 17.9. The van der Waals surface area contributed by atoms with Gasteiger partial charge in [0, 0.05) is 50.9 Å². The number of nitrogens with one attached hydrogen (secondary N) is 1. The van der Waals surface area contributed by atoms with Gasteiger partial charge in [-0.05, 0) is 29.4 Å². The molecule has 4 aromatic rings. The van der Waals surface area contributed by atoms with Crippen LogP contribution in [0.1, 0.15) is 11.1 Å². The molecule has 1 saturated heterocycles. The predicted molar refractivity (Wildman–Crippen MR) is 133 cm³/mol. The molecule has 0 amide bonds. The summed E-state index contributed by atoms with van der Waals surface area (Å²) in [7, 11) is 0. The monoisotopic (exact) mass is 462 g/mol. The standard InChI is InChI=1S/C24H26N6S2/c31-24-30(27-23(32-24)26-16-19-6-2-1-3-7-19)18-29-14-12-28(13-15-29)17-21-9-4-8-20-10-5-11-25-22(20)21/h1-11H,12-18H2,(H,26,27). The minimum atomic E-state index is 0.742. The molecule has 0 saturated carbocycles. The van der Waals surface area contributed by atoms with Crippen molar-refractivity contribution in [2.75, 3.05) is 31.5 Å². The van der Waals surface area contributed by atoms with Crippen molar-refractivity contribution >= 4 is 39.6 Å². The summed E-state index contributed by atoms with van der Waals surface area (Å²) in [5, 5.41) is 10.2. The molecule has 2 aromatic heterocycles. The van der Waals surface area contributed by atoms with Crippen LogP contribution in [0, 0.1) is 3.95 Å². The third-order valence-electron chi connectivity index (χ3n) is 5.80. The number of rotatable bonds is 7. The molecule has 1 aliphatic heterocycles. The second-order valence-electron chi connectivity index (χ2n) is 8.04. The van der Waals surface area contributed by atoms with Gasteiger partial charge >= 0.3 is 0 Å². The largest absolute Gasteiger partial charge is 0.356 e. The van der Waals surface area contributed by atoms with Crippen molar-refractivity contribution < 1.29 is 0 Å². The van der Waals surface area contributed by atoms with Gasteiger partial charge in [0.2, 0.25) is 5.13 Å². The van der Waals surface area contributed by atoms with E-state index in [1.54, 1.807) is 0 Å². The highest BCUT2D eigenvalue weighted by Gasteiger charge is 2.19. The fraction of sp³-hybridized carbons (Fsp3) is 0.292. The highest BCUT2D eigenvalue weighted by Crippen LogP contribution is 2.19. The van der Waals surface area contributed by atoms with Crippen LogP contribution < -0.4 is 5.32 Å². The zero-order chi connectivity index (χ0) is 21.8. The summed E-state index contributed by atoms with van der Waals surface area (Å²) in [6.45, 7) is 6.50. The van der Waals surface area contributed by atoms with Crippen molar-refractivity contribution in [2.45, 2.75) is 19.8 Å². The van der Waals surface area contributed by atoms with Crippen molar-refractivity contribution in [3.8, 4) is 0 Å². The first-order valence-electron chi connectivity index (χ1n) is 10.9. The van der Waals surface area contributed by atoms with E-state index in [4.69, 9.17) is 17.3 Å². The lowest BCUT2D eigenvalue weighted by Crippen LogP contribution is -2.46. The Morgan fingerprint density at radius 3 is 2.53 bits per heavy atom. The number of piperazine rings is 1. The molecular weight excluding hydrogens is 436 g/mol. The Labute approximate surface area is 197 Å². The van der Waals surface area contributed by atoms with Crippen LogP contribution in [0.2, 0.25) is 0 Å². The predicted octanol–water partition coefficient (Wildman–Crippen LogP) is 4.61. The van der Waals surface area contributed by atoms with E-state index in [1.807, 2.05) is 35.1 Å². The first-order valence-corrected chi connectivity index (χ1v) is 12.1. The first kappa shape index (κ1) is 21.2. The third kappa shape index (κ3) is 5.05. The lowest BCUT2D eigenvalue weighted by molar-refractivity contribution is 0.0988. The van der Waals surface area contributed by atoms with Crippen LogP contribution in [0.4, 0.5) is 5.13 Å². The van der Waals surface area contributed by atoms with Gasteiger partial charge in [0.25, 0.3) is 0 Å². The molecule has 1 aliphatic rings. The topological polar surface area (TPSA) is 49.2 Å². The summed E-state index contributed by atoms with van der Waals surface area (Å²) in [6.07, 6.45) is 1.88. The average Bonchev–Trinajstić information content (AvgIpc) is 3.19. The number of aromatic nitrogens is 3. The van der Waals surface area contributed by atoms with Crippen LogP contribution in [0.25, 0.3) is 10.9 Å². The lowest BCUT2D eigenvalue weighted by Gasteiger charge is -2.34. The molecule has 6 nitrogen and oxygen atoms in total. The molecule has 1 fully saturated rings. The molecule has 0 bridgehead atoms. The van der Waals surface area contributed by atoms with Crippen LogP contribution in [0.5, 0.6) is 0 Å². The Balaban J connectivity index is 1.15. The van der Waals surface area contributed by atoms with Crippen molar-refractivity contribution in [1.82, 2.24) is 24.6 Å². The van der Waals surface area contributed by atoms with Crippen LogP contribution in [-0.2, 0) is 19.8 Å². The summed E-state index contributed by atoms with van der Waals surface area (Å²) in [6, 6.07) is 20.9. The summed E-state index contributed by atoms with van der Waals surface area (Å²) in [5.41, 5.74) is 3.65. The van der Waals surface area contributed by atoms with Crippen molar-refractivity contribution in [3.63, 3.8) is 0 Å². The van der Waals surface area contributed by atoms with Crippen LogP contribution in [-0.4, -0.2) is 50.7 Å². The number of benzene rings is 2. The minimum absolute atomic E-state index is 0.742. The molecule has 3 heterocycles. The van der Waals surface area contributed by atoms with Crippen molar-refractivity contribution in [1.29, 1.82) is 0 Å². The quantitative estimate of drug-likeness (QED) is 0.405. The second kappa shape index (κ2) is 9.87. The summed E-state index contributed by atoms with van der Waals surface area (Å²) >= 11 is 7.10. The summed E-state index contributed by atoms with van der Waals surface area (Å²) in [5.74, 6) is 0. The second-order valence-corrected chi connectivity index (χ2v) is 9.66. The van der Waals surface area contributed by atoms with Crippen LogP contribution in [0.15, 0.2) is 66.9 Å². The van der Waals surface area contributed by atoms with Gasteiger partial charge in [-0.1, -0.05) is 65.9 Å². The van der Waals surface area contributed by atoms with Crippen molar-refractivity contribution in [3.05, 3.63) is 81.9 Å². The normalized spacial score (nSPS) is 15.2. The van der Waals surface area contributed by atoms with E-state index >= 15 is 0 Å². The van der Waals surface area contributed by atoms with E-state index in [-0.39, 0.29) is 0 Å². The number of hydrogen-bond donors (Lipinski definition) is 1. The van der Waals surface area contributed by atoms with Gasteiger partial charge in [0.1, 0.15) is 0 Å². The number of pyridine rings is 1. The van der Waals surface area contributed by atoms with Crippen LogP contribution >= 0.6 is 23.6 Å². The maximum Gasteiger partial charge on any atom is 0.204 e. The summed E-state index contributed by atoms with van der Waals surface area (Å²) < 4.78 is 2.75. The van der Waals surface area contributed by atoms with Gasteiger partial charge in [-0.2, -0.15) is 0 Å². The number of nitrogens with zero attached hydrogens (tertiary/aromatic N) is 5. The molecule has 0 radical (unpaired) electrons. The highest BCUT2D eigenvalue weighted by molar-refractivity contribution is 7.73. The number of fused-ring (bicyclic) bond motifs is 1. The van der Waals surface area contributed by atoms with Gasteiger partial charge in [0.05, 0.1) is 12.2 Å². The Kier molecular flexibility index (Phi) is 6.54. The van der Waals surface area contributed by atoms with E-state index in [0.29, 0.717) is 0 Å². The average molecular weight is 463 g/mol. The van der Waals surface area contributed by atoms with Gasteiger partial charge in [0.15, 0.2) is 3.95 Å². The maximum absolute atomic E-state index is 5.56. The van der Waals surface area contributed by atoms with Gasteiger partial charge < -0.3 is 5.32 Å². The van der Waals surface area contributed by atoms with E-state index in [9.17, 15) is 0 Å². The molecule has 1 N–H and O–H groups in total. The Morgan fingerprint density at radius 1 is 0.906 bits per heavy atom. The Morgan fingerprint density at radius 2 is 1.69 bits per heavy atom. The minimum Gasteiger partial charge on any atom is -0.356 e. The molecule has 0 spiro atoms. The Hall–Kier alpha value is -2.65. The zero-order valence-corrected chi connectivity index (χ0v) is 19.5. The lowest BCUT2D eigenvalue weighted by atomic mass is 10.1. The molecular formula is C24H26N6S2. The molecule has 32 heavy (non-hydrogen) atoms. The van der Waals surface area contributed by atoms with Gasteiger partial charge in [-0.3, -0.25) is 14.8 Å². The molecule has 2 aromatic carbocycles. The van der Waals surface area contributed by atoms with E-state index < -0.39 is 0 Å². The van der Waals surface area contributed by atoms with E-state index in [0.717, 1.165) is 60.5 Å². The Bertz CT molecular complexity index is 1220. The highest BCUT2D eigenvalue weighted by atomic mass is 32.1. The molecule has 0 atom stereocenters. The fourth-order valence-electron chi connectivity index (χ4n) is 4.05. The molecule has 8 heteroatoms. The number of anilines is 1. The third-order valence-corrected chi connectivity index (χ3v) is 7.07. The summed E-state index contributed by atoms with van der Waals surface area (Å²) in [4.78, 5) is 9.53. The van der Waals surface area contributed by atoms with E-state index in [2.05, 4.69) is 56.5 Å². The maximum atomic E-state index is 5.56. The molecule has 164 valence electrons.